The lowest BCUT2D eigenvalue weighted by Crippen LogP contribution is -2.54. The fraction of sp³-hybridized carbons (Fsp3) is 0.613. The first-order valence-electron chi connectivity index (χ1n) is 34.2. The van der Waals surface area contributed by atoms with E-state index in [0.717, 1.165) is 80.3 Å². The van der Waals surface area contributed by atoms with Crippen molar-refractivity contribution in [2.45, 2.75) is 235 Å². The SMILES string of the molecule is C=O.C=O.C=O.C=O.C=O.C=O.C=O.C=O.C=O.C=O.CC.CC(=O)N(C)[C@@H](Cc1ccccc1)C(=O)N[C@@H](C)C(=O)N1CCCCC1.CC(C)C.CC(C)C.CC(C)O.CCC(C)C.CCC(C)C.CCC(C)C.CCc1ccccc1.CCc1ccccc1.CN.CN.CN.CN.CN.CN.N.N.N.N.N. The Hall–Kier alpha value is -7.71. The Morgan fingerprint density at radius 3 is 0.722 bits per heavy atom. The Morgan fingerprint density at radius 1 is 0.398 bits per heavy atom. The van der Waals surface area contributed by atoms with Crippen molar-refractivity contribution >= 4 is 85.6 Å². The zero-order valence-electron chi connectivity index (χ0n) is 75.3. The summed E-state index contributed by atoms with van der Waals surface area (Å²) in [7, 11) is 10.6. The number of amides is 3. The van der Waals surface area contributed by atoms with Crippen LogP contribution >= 0.6 is 0 Å². The molecule has 28 heteroatoms. The third-order valence-electron chi connectivity index (χ3n) is 9.89. The molecule has 29 N–H and O–H groups in total. The number of nitrogens with two attached hydrogens (primary N) is 6. The van der Waals surface area contributed by atoms with E-state index < -0.39 is 12.1 Å². The summed E-state index contributed by atoms with van der Waals surface area (Å²) in [6.45, 7) is 69.3. The fourth-order valence-corrected chi connectivity index (χ4v) is 4.65. The van der Waals surface area contributed by atoms with E-state index in [9.17, 15) is 14.4 Å². The fourth-order valence-electron chi connectivity index (χ4n) is 4.65. The van der Waals surface area contributed by atoms with Crippen LogP contribution in [0.2, 0.25) is 0 Å². The molecule has 0 unspecified atom stereocenters. The van der Waals surface area contributed by atoms with Gasteiger partial charge in [-0.15, -0.1) is 0 Å². The third kappa shape index (κ3) is 240. The van der Waals surface area contributed by atoms with Gasteiger partial charge in [-0.25, -0.2) is 0 Å². The molecule has 1 aliphatic rings. The number of benzene rings is 3. The quantitative estimate of drug-likeness (QED) is 0.0848. The maximum atomic E-state index is 12.8. The molecular weight excluding hydrogens is 1380 g/mol. The molecule has 0 spiro atoms. The van der Waals surface area contributed by atoms with Crippen molar-refractivity contribution in [3.8, 4) is 0 Å². The number of hydrogen-bond donors (Lipinski definition) is 13. The van der Waals surface area contributed by atoms with Gasteiger partial charge in [-0.2, -0.15) is 0 Å². The lowest BCUT2D eigenvalue weighted by atomic mass is 10.0. The number of hydrogen-bond acceptors (Lipinski definition) is 25. The largest absolute Gasteiger partial charge is 0.394 e. The molecule has 0 radical (unpaired) electrons. The van der Waals surface area contributed by atoms with Gasteiger partial charge in [0.2, 0.25) is 17.7 Å². The van der Waals surface area contributed by atoms with Crippen LogP contribution < -0.4 is 70.5 Å². The molecule has 0 aliphatic carbocycles. The summed E-state index contributed by atoms with van der Waals surface area (Å²) in [5.41, 5.74) is 30.8. The Bertz CT molecular complexity index is 1650. The average molecular weight is 1570 g/mol. The van der Waals surface area contributed by atoms with Crippen molar-refractivity contribution in [1.29, 1.82) is 0 Å². The number of aryl methyl sites for hydroxylation is 2. The summed E-state index contributed by atoms with van der Waals surface area (Å²) in [5, 5.41) is 10.9. The van der Waals surface area contributed by atoms with Gasteiger partial charge in [0.1, 0.15) is 80.0 Å². The second-order valence-electron chi connectivity index (χ2n) is 20.6. The van der Waals surface area contributed by atoms with Crippen molar-refractivity contribution in [2.24, 2.45) is 64.0 Å². The number of aliphatic hydroxyl groups is 1. The first-order chi connectivity index (χ1) is 49.3. The van der Waals surface area contributed by atoms with E-state index in [2.05, 4.69) is 206 Å². The first kappa shape index (κ1) is 184. The van der Waals surface area contributed by atoms with Crippen molar-refractivity contribution in [2.75, 3.05) is 62.4 Å². The van der Waals surface area contributed by atoms with E-state index in [-0.39, 0.29) is 54.6 Å². The second kappa shape index (κ2) is 212. The highest BCUT2D eigenvalue weighted by Gasteiger charge is 2.29. The summed E-state index contributed by atoms with van der Waals surface area (Å²) >= 11 is 0. The van der Waals surface area contributed by atoms with Crippen LogP contribution in [0.15, 0.2) is 91.0 Å². The van der Waals surface area contributed by atoms with Crippen LogP contribution in [0, 0.1) is 29.6 Å². The number of nitrogens with zero attached hydrogens (tertiary/aromatic N) is 2. The molecule has 1 heterocycles. The van der Waals surface area contributed by atoms with Gasteiger partial charge in [0.15, 0.2) is 0 Å². The third-order valence-corrected chi connectivity index (χ3v) is 9.89. The molecule has 4 rings (SSSR count). The van der Waals surface area contributed by atoms with Crippen molar-refractivity contribution in [3.05, 3.63) is 108 Å². The zero-order chi connectivity index (χ0) is 88.3. The number of carbonyl (C=O) groups excluding carboxylic acids is 13. The molecule has 2 atom stereocenters. The van der Waals surface area contributed by atoms with E-state index in [1.165, 1.54) is 84.5 Å². The molecule has 28 nitrogen and oxygen atoms in total. The molecule has 3 amide bonds. The molecule has 1 aliphatic heterocycles. The summed E-state index contributed by atoms with van der Waals surface area (Å²) < 4.78 is 0. The normalized spacial score (nSPS) is 8.42. The molecule has 1 fully saturated rings. The highest BCUT2D eigenvalue weighted by molar-refractivity contribution is 5.91. The number of likely N-dealkylation sites (tertiary alicyclic amines) is 1. The molecule has 1 saturated heterocycles. The molecule has 3 aromatic rings. The number of nitrogens with one attached hydrogen (secondary N) is 1. The van der Waals surface area contributed by atoms with Crippen LogP contribution in [0.4, 0.5) is 0 Å². The number of likely N-dealkylation sites (N-methyl/N-ethyl adjacent to an activating group) is 1. The van der Waals surface area contributed by atoms with Gasteiger partial charge in [0, 0.05) is 39.6 Å². The predicted molar refractivity (Wildman–Crippen MR) is 474 cm³/mol. The average Bonchev–Trinajstić information content (AvgIpc) is 0.854. The molecule has 0 aromatic heterocycles. The van der Waals surface area contributed by atoms with Gasteiger partial charge in [0.05, 0.1) is 0 Å². The van der Waals surface area contributed by atoms with Crippen LogP contribution in [0.5, 0.6) is 0 Å². The van der Waals surface area contributed by atoms with Gasteiger partial charge in [-0.05, 0) is 141 Å². The number of carbonyl (C=O) groups is 13. The van der Waals surface area contributed by atoms with E-state index in [0.29, 0.717) is 6.42 Å². The van der Waals surface area contributed by atoms with Crippen LogP contribution in [0.25, 0.3) is 0 Å². The Balaban J connectivity index is -0.0000000276. The monoisotopic (exact) mass is 1570 g/mol. The van der Waals surface area contributed by atoms with Crippen LogP contribution in [0.1, 0.15) is 214 Å². The zero-order valence-corrected chi connectivity index (χ0v) is 75.3. The Kier molecular flexibility index (Phi) is 361. The molecule has 0 bridgehead atoms. The summed E-state index contributed by atoms with van der Waals surface area (Å²) in [4.78, 5) is 120. The molecule has 658 valence electrons. The Labute approximate surface area is 665 Å². The summed E-state index contributed by atoms with van der Waals surface area (Å²) in [6, 6.07) is 29.2. The van der Waals surface area contributed by atoms with Crippen molar-refractivity contribution < 1.29 is 67.4 Å². The van der Waals surface area contributed by atoms with Gasteiger partial charge >= 0.3 is 0 Å². The standard InChI is InChI=1S/C20H29N3O3.2C8H10.3C5H12.2C4H10.C3H8O.C2H6.6CH5N.10CH2O.5H3N/c1-15(20(26)23-12-8-5-9-13-23)21-19(25)18(22(3)16(2)24)14-17-10-6-4-7-11-17;2*1-2-8-6-4-3-5-7-8;3*1-4-5(2)3;2*1-4(2)3;1-3(2)4;17*1-2;;;;;/h4,6-7,10-11,15,18H,5,8-9,12-14H2,1-3H3,(H,21,25);2*3-7H,2H2,1H3;3*5H,4H2,1-3H3;2*4H,1-3H3;3-4H,1-2H3;1-2H3;6*2H2,1H3;10*1H2;5*1H3/t15-,18-;;;;;;;;;;;;;;;;;;;;;;;;;;;;;;/m0............................../s1. The molecule has 108 heavy (non-hydrogen) atoms. The van der Waals surface area contributed by atoms with Gasteiger partial charge < -0.3 is 133 Å². The minimum absolute atomic E-state index is 0. The Morgan fingerprint density at radius 2 is 0.574 bits per heavy atom. The second-order valence-corrected chi connectivity index (χ2v) is 20.6. The van der Waals surface area contributed by atoms with Gasteiger partial charge in [-0.1, -0.05) is 242 Å². The maximum absolute atomic E-state index is 12.8. The van der Waals surface area contributed by atoms with Crippen LogP contribution in [-0.2, 0) is 81.6 Å². The minimum Gasteiger partial charge on any atom is -0.394 e. The summed E-state index contributed by atoms with van der Waals surface area (Å²) in [5.74, 6) is 3.78. The predicted octanol–water partition coefficient (Wildman–Crippen LogP) is 13.4. The molecular formula is C80H184N14O14. The molecule has 0 saturated carbocycles. The highest BCUT2D eigenvalue weighted by atomic mass is 16.3. The lowest BCUT2D eigenvalue weighted by molar-refractivity contribution is -0.140. The van der Waals surface area contributed by atoms with Crippen LogP contribution in [0.3, 0.4) is 0 Å². The number of rotatable bonds is 11. The van der Waals surface area contributed by atoms with E-state index in [1.54, 1.807) is 27.8 Å². The van der Waals surface area contributed by atoms with Gasteiger partial charge in [-0.3, -0.25) is 14.4 Å². The lowest BCUT2D eigenvalue weighted by Gasteiger charge is -2.31. The highest BCUT2D eigenvalue weighted by Crippen LogP contribution is 2.12. The number of piperidine rings is 1. The maximum Gasteiger partial charge on any atom is 0.244 e. The van der Waals surface area contributed by atoms with E-state index in [1.807, 2.05) is 129 Å². The van der Waals surface area contributed by atoms with E-state index >= 15 is 0 Å². The van der Waals surface area contributed by atoms with Gasteiger partial charge in [0.25, 0.3) is 0 Å². The smallest absolute Gasteiger partial charge is 0.244 e. The topological polar surface area (TPSA) is 592 Å². The molecule has 3 aromatic carbocycles. The van der Waals surface area contributed by atoms with E-state index in [4.69, 9.17) is 53.1 Å². The van der Waals surface area contributed by atoms with Crippen LogP contribution in [-0.4, -0.2) is 181 Å². The minimum atomic E-state index is -0.647. The number of aliphatic hydroxyl groups excluding tert-OH is 1. The first-order valence-corrected chi connectivity index (χ1v) is 34.2. The summed E-state index contributed by atoms with van der Waals surface area (Å²) in [6.07, 6.45) is 9.61. The van der Waals surface area contributed by atoms with Crippen molar-refractivity contribution in [3.63, 3.8) is 0 Å². The van der Waals surface area contributed by atoms with Crippen molar-refractivity contribution in [1.82, 2.24) is 45.9 Å².